The molecule has 3 aliphatic rings. The van der Waals surface area contributed by atoms with Gasteiger partial charge in [-0.15, -0.1) is 0 Å². The zero-order chi connectivity index (χ0) is 20.4. The number of fused-ring (bicyclic) bond motifs is 5. The van der Waals surface area contributed by atoms with Gasteiger partial charge < -0.3 is 4.18 Å². The van der Waals surface area contributed by atoms with E-state index in [9.17, 15) is 13.2 Å². The minimum Gasteiger partial charge on any atom is -0.371 e. The molecule has 0 aromatic heterocycles. The molecule has 2 N–H and O–H groups in total. The molecule has 6 heteroatoms. The molecule has 3 aliphatic carbocycles. The lowest BCUT2D eigenvalue weighted by atomic mass is 9.53. The molecule has 0 radical (unpaired) electrons. The number of hydrogen-bond donors (Lipinski definition) is 1. The van der Waals surface area contributed by atoms with Gasteiger partial charge in [0.1, 0.15) is 11.5 Å². The molecule has 0 aliphatic heterocycles. The number of nitrogens with two attached hydrogens (primary N) is 1. The van der Waals surface area contributed by atoms with Crippen molar-refractivity contribution in [2.24, 2.45) is 22.4 Å². The van der Waals surface area contributed by atoms with Crippen molar-refractivity contribution in [2.45, 2.75) is 78.1 Å². The van der Waals surface area contributed by atoms with Gasteiger partial charge in [-0.2, -0.15) is 13.6 Å². The van der Waals surface area contributed by atoms with E-state index >= 15 is 0 Å². The Morgan fingerprint density at radius 2 is 2.04 bits per heavy atom. The number of benzene rings is 1. The van der Waals surface area contributed by atoms with E-state index in [0.29, 0.717) is 41.6 Å². The molecule has 0 spiro atoms. The molecule has 2 saturated carbocycles. The molecule has 2 fully saturated rings. The number of ketones is 1. The molecule has 5 nitrogen and oxygen atoms in total. The van der Waals surface area contributed by atoms with Gasteiger partial charge in [-0.3, -0.25) is 4.79 Å². The normalized spacial score (nSPS) is 34.5. The number of hydrogen-bond acceptors (Lipinski definition) is 4. The molecule has 4 rings (SSSR count). The van der Waals surface area contributed by atoms with Gasteiger partial charge in [-0.05, 0) is 91.0 Å². The smallest absolute Gasteiger partial charge is 0.371 e. The van der Waals surface area contributed by atoms with E-state index in [4.69, 9.17) is 9.32 Å². The third kappa shape index (κ3) is 2.91. The summed E-state index contributed by atoms with van der Waals surface area (Å²) in [5.74, 6) is 2.59. The highest BCUT2D eigenvalue weighted by atomic mass is 32.2. The largest absolute Gasteiger partial charge is 0.380 e. The zero-order valence-corrected chi connectivity index (χ0v) is 18.1. The SMILES string of the molecule is CCc1c(OS(N)(=O)=O)cc2c(c1C)[C@H]1CC[C@]3(C)C(=O)CC[C@H]3[C@@H]1CC2C. The maximum absolute atomic E-state index is 12.6. The van der Waals surface area contributed by atoms with Gasteiger partial charge in [-0.1, -0.05) is 20.8 Å². The van der Waals surface area contributed by atoms with Crippen LogP contribution >= 0.6 is 0 Å². The van der Waals surface area contributed by atoms with Crippen LogP contribution in [0.3, 0.4) is 0 Å². The lowest BCUT2D eigenvalue weighted by Crippen LogP contribution is -2.43. The van der Waals surface area contributed by atoms with E-state index in [1.807, 2.05) is 13.0 Å². The van der Waals surface area contributed by atoms with Crippen molar-refractivity contribution in [2.75, 3.05) is 0 Å². The van der Waals surface area contributed by atoms with Crippen molar-refractivity contribution in [3.8, 4) is 5.75 Å². The summed E-state index contributed by atoms with van der Waals surface area (Å²) in [6, 6.07) is 1.92. The first-order chi connectivity index (χ1) is 13.1. The Hall–Kier alpha value is -1.40. The summed E-state index contributed by atoms with van der Waals surface area (Å²) in [6.07, 6.45) is 5.47. The highest BCUT2D eigenvalue weighted by molar-refractivity contribution is 7.84. The molecule has 0 heterocycles. The summed E-state index contributed by atoms with van der Waals surface area (Å²) < 4.78 is 28.3. The minimum absolute atomic E-state index is 0.142. The standard InChI is InChI=1S/C22H31NO4S/c1-5-14-13(3)21-15-8-9-22(4)18(6-7-20(22)24)17(15)10-12(2)16(21)11-19(14)27-28(23,25)26/h11-12,15,17-18H,5-10H2,1-4H3,(H2,23,25,26)/t12?,15-,17+,18-,22-/m0/s1. The van der Waals surface area contributed by atoms with Crippen molar-refractivity contribution in [1.29, 1.82) is 0 Å². The van der Waals surface area contributed by atoms with Crippen LogP contribution in [0.4, 0.5) is 0 Å². The quantitative estimate of drug-likeness (QED) is 0.819. The summed E-state index contributed by atoms with van der Waals surface area (Å²) in [5.41, 5.74) is 4.51. The third-order valence-electron chi connectivity index (χ3n) is 7.98. The van der Waals surface area contributed by atoms with Gasteiger partial charge in [0.05, 0.1) is 0 Å². The fraction of sp³-hybridized carbons (Fsp3) is 0.682. The topological polar surface area (TPSA) is 86.5 Å². The Morgan fingerprint density at radius 1 is 1.32 bits per heavy atom. The van der Waals surface area contributed by atoms with Gasteiger partial charge in [0.15, 0.2) is 0 Å². The van der Waals surface area contributed by atoms with Crippen molar-refractivity contribution in [1.82, 2.24) is 0 Å². The molecule has 1 aromatic rings. The second-order valence-electron chi connectivity index (χ2n) is 9.34. The Balaban J connectivity index is 1.83. The van der Waals surface area contributed by atoms with Crippen LogP contribution in [0.25, 0.3) is 0 Å². The number of Topliss-reactive ketones (excluding diaryl/α,β-unsaturated/α-hetero) is 1. The Labute approximate surface area is 168 Å². The zero-order valence-electron chi connectivity index (χ0n) is 17.2. The first-order valence-corrected chi connectivity index (χ1v) is 12.0. The number of carbonyl (C=O) groups is 1. The molecule has 0 amide bonds. The van der Waals surface area contributed by atoms with Crippen LogP contribution in [0, 0.1) is 24.2 Å². The second kappa shape index (κ2) is 6.56. The van der Waals surface area contributed by atoms with Crippen LogP contribution < -0.4 is 9.32 Å². The minimum atomic E-state index is -4.06. The van der Waals surface area contributed by atoms with E-state index in [1.54, 1.807) is 0 Å². The van der Waals surface area contributed by atoms with E-state index in [1.165, 1.54) is 11.1 Å². The van der Waals surface area contributed by atoms with Crippen LogP contribution in [0.5, 0.6) is 5.75 Å². The van der Waals surface area contributed by atoms with Gasteiger partial charge >= 0.3 is 10.3 Å². The summed E-state index contributed by atoms with van der Waals surface area (Å²) >= 11 is 0. The predicted octanol–water partition coefficient (Wildman–Crippen LogP) is 4.13. The average Bonchev–Trinajstić information content (AvgIpc) is 2.90. The third-order valence-corrected chi connectivity index (χ3v) is 8.40. The molecule has 5 atom stereocenters. The Kier molecular flexibility index (Phi) is 4.66. The predicted molar refractivity (Wildman–Crippen MR) is 109 cm³/mol. The van der Waals surface area contributed by atoms with Gasteiger partial charge in [-0.25, -0.2) is 0 Å². The number of rotatable bonds is 3. The van der Waals surface area contributed by atoms with Gasteiger partial charge in [0.2, 0.25) is 0 Å². The summed E-state index contributed by atoms with van der Waals surface area (Å²) in [6.45, 7) is 8.51. The highest BCUT2D eigenvalue weighted by Crippen LogP contribution is 2.62. The van der Waals surface area contributed by atoms with E-state index in [-0.39, 0.29) is 5.41 Å². The Morgan fingerprint density at radius 3 is 2.68 bits per heavy atom. The Bertz CT molecular complexity index is 938. The second-order valence-corrected chi connectivity index (χ2v) is 10.5. The molecule has 28 heavy (non-hydrogen) atoms. The fourth-order valence-corrected chi connectivity index (χ4v) is 7.09. The van der Waals surface area contributed by atoms with Crippen molar-refractivity contribution < 1.29 is 17.4 Å². The molecule has 154 valence electrons. The molecule has 0 bridgehead atoms. The fourth-order valence-electron chi connectivity index (χ4n) is 6.69. The maximum Gasteiger partial charge on any atom is 0.380 e. The van der Waals surface area contributed by atoms with Crippen LogP contribution in [0.2, 0.25) is 0 Å². The van der Waals surface area contributed by atoms with E-state index in [0.717, 1.165) is 43.2 Å². The first kappa shape index (κ1) is 19.9. The maximum atomic E-state index is 12.6. The van der Waals surface area contributed by atoms with Gasteiger partial charge in [0.25, 0.3) is 0 Å². The van der Waals surface area contributed by atoms with E-state index in [2.05, 4.69) is 20.8 Å². The molecular formula is C22H31NO4S. The number of carbonyl (C=O) groups excluding carboxylic acids is 1. The van der Waals surface area contributed by atoms with Crippen LogP contribution in [0.1, 0.15) is 87.0 Å². The molecular weight excluding hydrogens is 374 g/mol. The van der Waals surface area contributed by atoms with Crippen molar-refractivity contribution >= 4 is 16.1 Å². The molecule has 1 aromatic carbocycles. The van der Waals surface area contributed by atoms with Gasteiger partial charge in [0, 0.05) is 11.8 Å². The lowest BCUT2D eigenvalue weighted by molar-refractivity contribution is -0.129. The van der Waals surface area contributed by atoms with E-state index < -0.39 is 10.3 Å². The van der Waals surface area contributed by atoms with Crippen LogP contribution in [-0.2, 0) is 21.5 Å². The average molecular weight is 406 g/mol. The van der Waals surface area contributed by atoms with Crippen molar-refractivity contribution in [3.05, 3.63) is 28.3 Å². The first-order valence-electron chi connectivity index (χ1n) is 10.5. The summed E-state index contributed by atoms with van der Waals surface area (Å²) in [5, 5.41) is 5.16. The van der Waals surface area contributed by atoms with Crippen LogP contribution in [0.15, 0.2) is 6.07 Å². The highest BCUT2D eigenvalue weighted by Gasteiger charge is 2.55. The van der Waals surface area contributed by atoms with Crippen molar-refractivity contribution in [3.63, 3.8) is 0 Å². The lowest BCUT2D eigenvalue weighted by Gasteiger charge is -2.50. The summed E-state index contributed by atoms with van der Waals surface area (Å²) in [7, 11) is -4.06. The summed E-state index contributed by atoms with van der Waals surface area (Å²) in [4.78, 5) is 12.6. The van der Waals surface area contributed by atoms with Crippen LogP contribution in [-0.4, -0.2) is 14.2 Å². The molecule has 0 saturated heterocycles. The molecule has 1 unspecified atom stereocenters. The monoisotopic (exact) mass is 405 g/mol.